The number of carbonyl (C=O) groups is 2. The fourth-order valence-electron chi connectivity index (χ4n) is 2.86. The number of rotatable bonds is 1. The SMILES string of the molecule is CC(=O)N[C@@H]1/C=C(C)\C=C\[C@H](O)C/C=C(C)/C=C/[C@@H](O)C/C=C(\C)C(=O)[C@@H]1C. The van der Waals surface area contributed by atoms with Gasteiger partial charge in [0.25, 0.3) is 0 Å². The summed E-state index contributed by atoms with van der Waals surface area (Å²) in [6.45, 7) is 8.70. The second kappa shape index (κ2) is 11.6. The molecule has 0 aliphatic heterocycles. The molecule has 1 amide bonds. The van der Waals surface area contributed by atoms with Gasteiger partial charge >= 0.3 is 0 Å². The van der Waals surface area contributed by atoms with Crippen LogP contribution in [0, 0.1) is 5.92 Å². The Kier molecular flexibility index (Phi) is 9.83. The van der Waals surface area contributed by atoms with Crippen LogP contribution in [0.15, 0.2) is 59.3 Å². The Bertz CT molecular complexity index is 712. The maximum atomic E-state index is 12.8. The lowest BCUT2D eigenvalue weighted by Crippen LogP contribution is -2.40. The van der Waals surface area contributed by atoms with Crippen LogP contribution in [0.5, 0.6) is 0 Å². The third kappa shape index (κ3) is 8.63. The highest BCUT2D eigenvalue weighted by Crippen LogP contribution is 2.16. The Hall–Kier alpha value is -2.24. The van der Waals surface area contributed by atoms with E-state index < -0.39 is 24.2 Å². The van der Waals surface area contributed by atoms with Gasteiger partial charge in [0.05, 0.1) is 18.2 Å². The number of hydrogen-bond acceptors (Lipinski definition) is 4. The zero-order chi connectivity index (χ0) is 21.3. The highest BCUT2D eigenvalue weighted by Gasteiger charge is 2.24. The van der Waals surface area contributed by atoms with E-state index in [1.165, 1.54) is 6.92 Å². The third-order valence-electron chi connectivity index (χ3n) is 4.66. The first kappa shape index (κ1) is 23.8. The summed E-state index contributed by atoms with van der Waals surface area (Å²) in [7, 11) is 0. The van der Waals surface area contributed by atoms with Crippen LogP contribution in [0.2, 0.25) is 0 Å². The molecule has 28 heavy (non-hydrogen) atoms. The van der Waals surface area contributed by atoms with Crippen molar-refractivity contribution in [1.29, 1.82) is 0 Å². The molecule has 0 spiro atoms. The van der Waals surface area contributed by atoms with Gasteiger partial charge in [0.1, 0.15) is 0 Å². The van der Waals surface area contributed by atoms with Gasteiger partial charge in [-0.15, -0.1) is 0 Å². The Morgan fingerprint density at radius 2 is 1.54 bits per heavy atom. The van der Waals surface area contributed by atoms with E-state index in [1.807, 2.05) is 32.1 Å². The number of nitrogens with one attached hydrogen (secondary N) is 1. The molecule has 4 atom stereocenters. The van der Waals surface area contributed by atoms with Crippen LogP contribution in [0.1, 0.15) is 47.5 Å². The largest absolute Gasteiger partial charge is 0.389 e. The Morgan fingerprint density at radius 1 is 1.00 bits per heavy atom. The van der Waals surface area contributed by atoms with Crippen LogP contribution >= 0.6 is 0 Å². The van der Waals surface area contributed by atoms with Crippen molar-refractivity contribution in [1.82, 2.24) is 5.32 Å². The number of carbonyl (C=O) groups excluding carboxylic acids is 2. The first-order chi connectivity index (χ1) is 13.1. The summed E-state index contributed by atoms with van der Waals surface area (Å²) in [5.74, 6) is -0.754. The number of hydrogen-bond donors (Lipinski definition) is 3. The number of aliphatic hydroxyl groups is 2. The van der Waals surface area contributed by atoms with Gasteiger partial charge in [-0.3, -0.25) is 9.59 Å². The van der Waals surface area contributed by atoms with Gasteiger partial charge in [0.2, 0.25) is 5.91 Å². The molecular weight excluding hydrogens is 354 g/mol. The third-order valence-corrected chi connectivity index (χ3v) is 4.66. The number of allylic oxidation sites excluding steroid dienone is 5. The van der Waals surface area contributed by atoms with Crippen LogP contribution in [-0.4, -0.2) is 40.2 Å². The molecule has 0 aromatic carbocycles. The van der Waals surface area contributed by atoms with E-state index in [4.69, 9.17) is 0 Å². The monoisotopic (exact) mass is 387 g/mol. The smallest absolute Gasteiger partial charge is 0.217 e. The van der Waals surface area contributed by atoms with Gasteiger partial charge in [0, 0.05) is 12.8 Å². The normalized spacial score (nSPS) is 36.0. The maximum Gasteiger partial charge on any atom is 0.217 e. The fraction of sp³-hybridized carbons (Fsp3) is 0.478. The van der Waals surface area contributed by atoms with Gasteiger partial charge in [0.15, 0.2) is 5.78 Å². The molecule has 1 aliphatic rings. The molecule has 0 unspecified atom stereocenters. The Balaban J connectivity index is 3.26. The van der Waals surface area contributed by atoms with Crippen LogP contribution in [0.4, 0.5) is 0 Å². The Morgan fingerprint density at radius 3 is 2.11 bits per heavy atom. The number of ketones is 1. The van der Waals surface area contributed by atoms with Crippen molar-refractivity contribution < 1.29 is 19.8 Å². The number of aliphatic hydroxyl groups excluding tert-OH is 2. The van der Waals surface area contributed by atoms with Gasteiger partial charge in [-0.25, -0.2) is 0 Å². The minimum absolute atomic E-state index is 0.0802. The van der Waals surface area contributed by atoms with Gasteiger partial charge in [-0.2, -0.15) is 0 Å². The van der Waals surface area contributed by atoms with Crippen LogP contribution < -0.4 is 5.32 Å². The molecule has 0 aromatic rings. The predicted octanol–water partition coefficient (Wildman–Crippen LogP) is 3.16. The van der Waals surface area contributed by atoms with E-state index in [1.54, 1.807) is 38.2 Å². The van der Waals surface area contributed by atoms with Crippen molar-refractivity contribution >= 4 is 11.7 Å². The van der Waals surface area contributed by atoms with E-state index in [2.05, 4.69) is 5.32 Å². The fourth-order valence-corrected chi connectivity index (χ4v) is 2.86. The first-order valence-electron chi connectivity index (χ1n) is 9.66. The van der Waals surface area contributed by atoms with E-state index in [0.29, 0.717) is 18.4 Å². The molecular formula is C23H33NO4. The molecule has 3 N–H and O–H groups in total. The van der Waals surface area contributed by atoms with Gasteiger partial charge < -0.3 is 15.5 Å². The lowest BCUT2D eigenvalue weighted by Gasteiger charge is -2.22. The summed E-state index contributed by atoms with van der Waals surface area (Å²) in [5.41, 5.74) is 2.35. The van der Waals surface area contributed by atoms with Crippen molar-refractivity contribution in [2.24, 2.45) is 5.92 Å². The van der Waals surface area contributed by atoms with Crippen LogP contribution in [0.25, 0.3) is 0 Å². The van der Waals surface area contributed by atoms with Crippen molar-refractivity contribution in [3.8, 4) is 0 Å². The van der Waals surface area contributed by atoms with Crippen molar-refractivity contribution in [2.45, 2.75) is 65.7 Å². The van der Waals surface area contributed by atoms with Gasteiger partial charge in [-0.05, 0) is 39.2 Å². The zero-order valence-electron chi connectivity index (χ0n) is 17.5. The average molecular weight is 388 g/mol. The summed E-state index contributed by atoms with van der Waals surface area (Å²) in [6.07, 6.45) is 11.9. The molecule has 5 heteroatoms. The molecule has 0 radical (unpaired) electrons. The maximum absolute atomic E-state index is 12.8. The van der Waals surface area contributed by atoms with Gasteiger partial charge in [-0.1, -0.05) is 60.6 Å². The summed E-state index contributed by atoms with van der Waals surface area (Å²) in [6, 6.07) is -0.460. The van der Waals surface area contributed by atoms with E-state index >= 15 is 0 Å². The standard InChI is InChI=1S/C23H33NO4/c1-15-6-10-20(26)12-8-16(2)14-22(24-19(5)25)18(4)23(28)17(3)9-13-21(27)11-7-15/h6-9,11-12,14,18,20-22,26-27H,10,13H2,1-5H3,(H,24,25)/b11-7+,12-8+,15-6+,16-14-,17-9+/t18-,20-,21-,22-/m1/s1. The molecule has 0 saturated carbocycles. The molecule has 0 heterocycles. The first-order valence-corrected chi connectivity index (χ1v) is 9.66. The molecule has 0 aromatic heterocycles. The van der Waals surface area contributed by atoms with Crippen LogP contribution in [0.3, 0.4) is 0 Å². The highest BCUT2D eigenvalue weighted by atomic mass is 16.3. The highest BCUT2D eigenvalue weighted by molar-refractivity contribution is 5.97. The molecule has 5 nitrogen and oxygen atoms in total. The minimum Gasteiger partial charge on any atom is -0.389 e. The van der Waals surface area contributed by atoms with E-state index in [-0.39, 0.29) is 11.7 Å². The minimum atomic E-state index is -0.699. The molecule has 1 rings (SSSR count). The lowest BCUT2D eigenvalue weighted by atomic mass is 9.90. The lowest BCUT2D eigenvalue weighted by molar-refractivity contribution is -0.121. The number of amides is 1. The number of Topliss-reactive ketones (excluding diaryl/α,β-unsaturated/α-hetero) is 1. The molecule has 1 aliphatic carbocycles. The van der Waals surface area contributed by atoms with E-state index in [0.717, 1.165) is 11.1 Å². The topological polar surface area (TPSA) is 86.6 Å². The van der Waals surface area contributed by atoms with Crippen molar-refractivity contribution in [2.75, 3.05) is 0 Å². The van der Waals surface area contributed by atoms with Crippen molar-refractivity contribution in [3.05, 3.63) is 59.3 Å². The molecule has 0 saturated heterocycles. The Labute approximate surface area is 168 Å². The second-order valence-electron chi connectivity index (χ2n) is 7.45. The molecule has 0 bridgehead atoms. The summed E-state index contributed by atoms with van der Waals surface area (Å²) >= 11 is 0. The molecule has 0 fully saturated rings. The summed E-state index contributed by atoms with van der Waals surface area (Å²) in [5, 5.41) is 23.1. The predicted molar refractivity (Wildman–Crippen MR) is 113 cm³/mol. The second-order valence-corrected chi connectivity index (χ2v) is 7.45. The van der Waals surface area contributed by atoms with Crippen molar-refractivity contribution in [3.63, 3.8) is 0 Å². The van der Waals surface area contributed by atoms with Crippen LogP contribution in [-0.2, 0) is 9.59 Å². The molecule has 154 valence electrons. The summed E-state index contributed by atoms with van der Waals surface area (Å²) < 4.78 is 0. The zero-order valence-corrected chi connectivity index (χ0v) is 17.5. The average Bonchev–Trinajstić information content (AvgIpc) is 2.64. The summed E-state index contributed by atoms with van der Waals surface area (Å²) in [4.78, 5) is 24.4. The van der Waals surface area contributed by atoms with E-state index in [9.17, 15) is 19.8 Å². The quantitative estimate of drug-likeness (QED) is 0.645.